The van der Waals surface area contributed by atoms with Gasteiger partial charge in [-0.05, 0) is 42.8 Å². The summed E-state index contributed by atoms with van der Waals surface area (Å²) in [6, 6.07) is 13.3. The van der Waals surface area contributed by atoms with E-state index < -0.39 is 0 Å². The fourth-order valence-corrected chi connectivity index (χ4v) is 2.53. The molecular formula is C20H26N2O4. The zero-order chi connectivity index (χ0) is 18.8. The van der Waals surface area contributed by atoms with Crippen LogP contribution in [0.1, 0.15) is 12.0 Å². The molecular weight excluding hydrogens is 332 g/mol. The minimum atomic E-state index is -0.0499. The van der Waals surface area contributed by atoms with Crippen LogP contribution < -0.4 is 24.8 Å². The molecule has 2 aromatic carbocycles. The number of ether oxygens (including phenoxy) is 3. The van der Waals surface area contributed by atoms with Gasteiger partial charge < -0.3 is 24.8 Å². The number of carbonyl (C=O) groups is 1. The van der Waals surface area contributed by atoms with Gasteiger partial charge in [-0.1, -0.05) is 12.1 Å². The lowest BCUT2D eigenvalue weighted by Crippen LogP contribution is -2.23. The quantitative estimate of drug-likeness (QED) is 0.639. The van der Waals surface area contributed by atoms with E-state index >= 15 is 0 Å². The maximum Gasteiger partial charge on any atom is 0.225 e. The molecule has 0 bridgehead atoms. The van der Waals surface area contributed by atoms with Crippen LogP contribution in [0.4, 0.5) is 5.69 Å². The van der Waals surface area contributed by atoms with Gasteiger partial charge in [0.25, 0.3) is 0 Å². The summed E-state index contributed by atoms with van der Waals surface area (Å²) in [5, 5.41) is 6.14. The summed E-state index contributed by atoms with van der Waals surface area (Å²) in [6.07, 6.45) is 1.28. The van der Waals surface area contributed by atoms with Crippen molar-refractivity contribution in [1.82, 2.24) is 5.32 Å². The van der Waals surface area contributed by atoms with Gasteiger partial charge >= 0.3 is 0 Å². The maximum atomic E-state index is 12.0. The lowest BCUT2D eigenvalue weighted by Gasteiger charge is -2.11. The van der Waals surface area contributed by atoms with Gasteiger partial charge in [0.05, 0.1) is 21.3 Å². The molecule has 2 aromatic rings. The van der Waals surface area contributed by atoms with Crippen molar-refractivity contribution in [2.45, 2.75) is 12.8 Å². The fraction of sp³-hybridized carbons (Fsp3) is 0.350. The smallest absolute Gasteiger partial charge is 0.225 e. The number of rotatable bonds is 10. The van der Waals surface area contributed by atoms with Crippen LogP contribution in [-0.2, 0) is 11.2 Å². The molecule has 6 heteroatoms. The van der Waals surface area contributed by atoms with Gasteiger partial charge in [0.1, 0.15) is 5.75 Å². The summed E-state index contributed by atoms with van der Waals surface area (Å²) in [7, 11) is 4.80. The van der Waals surface area contributed by atoms with Crippen molar-refractivity contribution in [3.05, 3.63) is 48.0 Å². The average Bonchev–Trinajstić information content (AvgIpc) is 2.67. The Labute approximate surface area is 154 Å². The van der Waals surface area contributed by atoms with Gasteiger partial charge in [-0.2, -0.15) is 0 Å². The molecule has 2 N–H and O–H groups in total. The molecule has 0 fully saturated rings. The highest BCUT2D eigenvalue weighted by molar-refractivity contribution is 5.91. The minimum absolute atomic E-state index is 0.0499. The number of nitrogens with one attached hydrogen (secondary N) is 2. The standard InChI is InChI=1S/C20H26N2O4/c1-24-17-6-4-5-15(13-17)9-11-21-12-10-20(23)22-16-7-8-18(25-2)19(14-16)26-3/h4-8,13-14,21H,9-12H2,1-3H3,(H,22,23). The number of benzene rings is 2. The Morgan fingerprint density at radius 1 is 0.923 bits per heavy atom. The summed E-state index contributed by atoms with van der Waals surface area (Å²) in [4.78, 5) is 12.0. The highest BCUT2D eigenvalue weighted by Gasteiger charge is 2.07. The zero-order valence-corrected chi connectivity index (χ0v) is 15.5. The van der Waals surface area contributed by atoms with Crippen LogP contribution in [0.2, 0.25) is 0 Å². The van der Waals surface area contributed by atoms with Gasteiger partial charge in [0, 0.05) is 24.7 Å². The number of methoxy groups -OCH3 is 3. The van der Waals surface area contributed by atoms with Crippen molar-refractivity contribution in [2.75, 3.05) is 39.7 Å². The molecule has 0 atom stereocenters. The molecule has 0 aromatic heterocycles. The molecule has 140 valence electrons. The lowest BCUT2D eigenvalue weighted by molar-refractivity contribution is -0.116. The molecule has 6 nitrogen and oxygen atoms in total. The van der Waals surface area contributed by atoms with E-state index in [9.17, 15) is 4.79 Å². The van der Waals surface area contributed by atoms with E-state index in [0.717, 1.165) is 18.7 Å². The summed E-state index contributed by atoms with van der Waals surface area (Å²) >= 11 is 0. The van der Waals surface area contributed by atoms with E-state index in [4.69, 9.17) is 14.2 Å². The number of carbonyl (C=O) groups excluding carboxylic acids is 1. The topological polar surface area (TPSA) is 68.8 Å². The number of anilines is 1. The number of amides is 1. The zero-order valence-electron chi connectivity index (χ0n) is 15.5. The Hall–Kier alpha value is -2.73. The molecule has 0 aliphatic carbocycles. The predicted molar refractivity (Wildman–Crippen MR) is 102 cm³/mol. The normalized spacial score (nSPS) is 10.3. The SMILES string of the molecule is COc1cccc(CCNCCC(=O)Nc2ccc(OC)c(OC)c2)c1. The third-order valence-electron chi connectivity index (χ3n) is 3.92. The van der Waals surface area contributed by atoms with Crippen LogP contribution in [0.25, 0.3) is 0 Å². The van der Waals surface area contributed by atoms with Crippen LogP contribution in [0.5, 0.6) is 17.2 Å². The van der Waals surface area contributed by atoms with Crippen LogP contribution >= 0.6 is 0 Å². The van der Waals surface area contributed by atoms with E-state index in [2.05, 4.69) is 16.7 Å². The molecule has 2 rings (SSSR count). The Balaban J connectivity index is 1.70. The molecule has 0 heterocycles. The highest BCUT2D eigenvalue weighted by Crippen LogP contribution is 2.29. The predicted octanol–water partition coefficient (Wildman–Crippen LogP) is 2.87. The molecule has 0 spiro atoms. The molecule has 0 aliphatic heterocycles. The van der Waals surface area contributed by atoms with Gasteiger partial charge in [0.15, 0.2) is 11.5 Å². The average molecular weight is 358 g/mol. The van der Waals surface area contributed by atoms with Crippen LogP contribution in [0.3, 0.4) is 0 Å². The molecule has 26 heavy (non-hydrogen) atoms. The summed E-state index contributed by atoms with van der Waals surface area (Å²) in [5.74, 6) is 2.02. The molecule has 0 aliphatic rings. The molecule has 0 saturated carbocycles. The first-order valence-corrected chi connectivity index (χ1v) is 8.51. The Morgan fingerprint density at radius 3 is 2.46 bits per heavy atom. The second-order valence-electron chi connectivity index (χ2n) is 5.72. The van der Waals surface area contributed by atoms with Gasteiger partial charge in [-0.3, -0.25) is 4.79 Å². The Kier molecular flexibility index (Phi) is 7.76. The van der Waals surface area contributed by atoms with Crippen molar-refractivity contribution in [2.24, 2.45) is 0 Å². The summed E-state index contributed by atoms with van der Waals surface area (Å²) < 4.78 is 15.6. The second-order valence-corrected chi connectivity index (χ2v) is 5.72. The van der Waals surface area contributed by atoms with Gasteiger partial charge in [-0.25, -0.2) is 0 Å². The van der Waals surface area contributed by atoms with Crippen LogP contribution in [0.15, 0.2) is 42.5 Å². The summed E-state index contributed by atoms with van der Waals surface area (Å²) in [5.41, 5.74) is 1.88. The summed E-state index contributed by atoms with van der Waals surface area (Å²) in [6.45, 7) is 1.42. The van der Waals surface area contributed by atoms with E-state index in [1.807, 2.05) is 18.2 Å². The molecule has 1 amide bonds. The number of hydrogen-bond acceptors (Lipinski definition) is 5. The monoisotopic (exact) mass is 358 g/mol. The molecule has 0 radical (unpaired) electrons. The highest BCUT2D eigenvalue weighted by atomic mass is 16.5. The van der Waals surface area contributed by atoms with E-state index in [1.165, 1.54) is 5.56 Å². The van der Waals surface area contributed by atoms with Crippen LogP contribution in [0, 0.1) is 0 Å². The van der Waals surface area contributed by atoms with E-state index in [-0.39, 0.29) is 5.91 Å². The third-order valence-corrected chi connectivity index (χ3v) is 3.92. The Morgan fingerprint density at radius 2 is 1.73 bits per heavy atom. The van der Waals surface area contributed by atoms with E-state index in [1.54, 1.807) is 39.5 Å². The van der Waals surface area contributed by atoms with Crippen LogP contribution in [-0.4, -0.2) is 40.3 Å². The third kappa shape index (κ3) is 5.97. The van der Waals surface area contributed by atoms with E-state index in [0.29, 0.717) is 30.2 Å². The van der Waals surface area contributed by atoms with Crippen molar-refractivity contribution >= 4 is 11.6 Å². The minimum Gasteiger partial charge on any atom is -0.497 e. The lowest BCUT2D eigenvalue weighted by atomic mass is 10.1. The molecule has 0 saturated heterocycles. The van der Waals surface area contributed by atoms with Crippen molar-refractivity contribution in [3.63, 3.8) is 0 Å². The maximum absolute atomic E-state index is 12.0. The largest absolute Gasteiger partial charge is 0.497 e. The fourth-order valence-electron chi connectivity index (χ4n) is 2.53. The Bertz CT molecular complexity index is 719. The first-order valence-electron chi connectivity index (χ1n) is 8.51. The van der Waals surface area contributed by atoms with Gasteiger partial charge in [-0.15, -0.1) is 0 Å². The first kappa shape index (κ1) is 19.6. The van der Waals surface area contributed by atoms with Gasteiger partial charge in [0.2, 0.25) is 5.91 Å². The van der Waals surface area contributed by atoms with Crippen molar-refractivity contribution in [3.8, 4) is 17.2 Å². The second kappa shape index (κ2) is 10.3. The molecule has 0 unspecified atom stereocenters. The van der Waals surface area contributed by atoms with Crippen molar-refractivity contribution < 1.29 is 19.0 Å². The van der Waals surface area contributed by atoms with Crippen molar-refractivity contribution in [1.29, 1.82) is 0 Å². The number of hydrogen-bond donors (Lipinski definition) is 2. The first-order chi connectivity index (χ1) is 12.7.